The lowest BCUT2D eigenvalue weighted by Crippen LogP contribution is -2.33. The summed E-state index contributed by atoms with van der Waals surface area (Å²) in [4.78, 5) is 15.9. The lowest BCUT2D eigenvalue weighted by atomic mass is 10.1. The molecule has 0 amide bonds. The minimum Gasteiger partial charge on any atom is -0.462 e. The van der Waals surface area contributed by atoms with E-state index in [2.05, 4.69) is 22.4 Å². The van der Waals surface area contributed by atoms with Gasteiger partial charge >= 0.3 is 5.97 Å². The number of esters is 1. The van der Waals surface area contributed by atoms with Crippen LogP contribution in [-0.4, -0.2) is 25.1 Å². The zero-order chi connectivity index (χ0) is 17.2. The van der Waals surface area contributed by atoms with E-state index in [1.54, 1.807) is 19.1 Å². The van der Waals surface area contributed by atoms with Gasteiger partial charge in [-0.15, -0.1) is 24.0 Å². The van der Waals surface area contributed by atoms with Crippen molar-refractivity contribution in [3.63, 3.8) is 0 Å². The fourth-order valence-corrected chi connectivity index (χ4v) is 2.17. The molecule has 25 heavy (non-hydrogen) atoms. The van der Waals surface area contributed by atoms with Crippen LogP contribution in [-0.2, 0) is 17.7 Å². The second kappa shape index (κ2) is 11.5. The molecule has 5 nitrogen and oxygen atoms in total. The SMILES string of the molecule is CCOC(=O)c1ccc(CN=C(N)NCCc2ccccc2)cc1.I. The van der Waals surface area contributed by atoms with Crippen molar-refractivity contribution in [2.75, 3.05) is 13.2 Å². The van der Waals surface area contributed by atoms with Crippen LogP contribution in [0.25, 0.3) is 0 Å². The number of hydrogen-bond donors (Lipinski definition) is 2. The van der Waals surface area contributed by atoms with Crippen molar-refractivity contribution in [1.29, 1.82) is 0 Å². The number of hydrogen-bond acceptors (Lipinski definition) is 3. The molecule has 0 heterocycles. The maximum Gasteiger partial charge on any atom is 0.338 e. The Balaban J connectivity index is 0.00000312. The molecule has 0 aliphatic heterocycles. The van der Waals surface area contributed by atoms with Gasteiger partial charge in [-0.25, -0.2) is 9.79 Å². The summed E-state index contributed by atoms with van der Waals surface area (Å²) in [6.07, 6.45) is 0.894. The number of benzene rings is 2. The number of guanidine groups is 1. The number of carbonyl (C=O) groups excluding carboxylic acids is 1. The summed E-state index contributed by atoms with van der Waals surface area (Å²) < 4.78 is 4.95. The average Bonchev–Trinajstić information content (AvgIpc) is 2.61. The van der Waals surface area contributed by atoms with Crippen LogP contribution in [0.2, 0.25) is 0 Å². The largest absolute Gasteiger partial charge is 0.462 e. The molecule has 0 radical (unpaired) electrons. The standard InChI is InChI=1S/C19H23N3O2.HI/c1-2-24-18(23)17-10-8-16(9-11-17)14-22-19(20)21-13-12-15-6-4-3-5-7-15;/h3-11H,2,12-14H2,1H3,(H3,20,21,22);1H. The third kappa shape index (κ3) is 7.55. The fourth-order valence-electron chi connectivity index (χ4n) is 2.17. The molecule has 2 aromatic rings. The van der Waals surface area contributed by atoms with Gasteiger partial charge in [-0.3, -0.25) is 0 Å². The highest BCUT2D eigenvalue weighted by atomic mass is 127. The first-order chi connectivity index (χ1) is 11.7. The summed E-state index contributed by atoms with van der Waals surface area (Å²) in [5.41, 5.74) is 8.65. The second-order valence-electron chi connectivity index (χ2n) is 5.28. The number of nitrogens with two attached hydrogens (primary N) is 1. The van der Waals surface area contributed by atoms with E-state index in [1.807, 2.05) is 30.3 Å². The van der Waals surface area contributed by atoms with Crippen LogP contribution < -0.4 is 11.1 Å². The Hall–Kier alpha value is -2.09. The normalized spacial score (nSPS) is 10.7. The van der Waals surface area contributed by atoms with Gasteiger partial charge in [0.2, 0.25) is 0 Å². The molecular formula is C19H24IN3O2. The molecule has 6 heteroatoms. The Morgan fingerprint density at radius 2 is 1.76 bits per heavy atom. The summed E-state index contributed by atoms with van der Waals surface area (Å²) in [5.74, 6) is 0.107. The number of nitrogens with zero attached hydrogens (tertiary/aromatic N) is 1. The van der Waals surface area contributed by atoms with E-state index in [9.17, 15) is 4.79 Å². The van der Waals surface area contributed by atoms with Crippen LogP contribution >= 0.6 is 24.0 Å². The van der Waals surface area contributed by atoms with Crippen molar-refractivity contribution in [1.82, 2.24) is 5.32 Å². The lowest BCUT2D eigenvalue weighted by molar-refractivity contribution is 0.0526. The molecule has 0 aliphatic rings. The highest BCUT2D eigenvalue weighted by molar-refractivity contribution is 14.0. The summed E-state index contributed by atoms with van der Waals surface area (Å²) >= 11 is 0. The first-order valence-corrected chi connectivity index (χ1v) is 8.03. The number of carbonyl (C=O) groups is 1. The van der Waals surface area contributed by atoms with Crippen LogP contribution in [0.4, 0.5) is 0 Å². The van der Waals surface area contributed by atoms with Crippen molar-refractivity contribution >= 4 is 35.9 Å². The molecule has 0 atom stereocenters. The molecule has 134 valence electrons. The van der Waals surface area contributed by atoms with Crippen molar-refractivity contribution < 1.29 is 9.53 Å². The second-order valence-corrected chi connectivity index (χ2v) is 5.28. The Morgan fingerprint density at radius 3 is 2.40 bits per heavy atom. The maximum atomic E-state index is 11.6. The van der Waals surface area contributed by atoms with Gasteiger partial charge < -0.3 is 15.8 Å². The number of rotatable bonds is 7. The van der Waals surface area contributed by atoms with E-state index in [0.29, 0.717) is 24.7 Å². The molecule has 0 saturated heterocycles. The average molecular weight is 453 g/mol. The zero-order valence-electron chi connectivity index (χ0n) is 14.3. The molecule has 2 aromatic carbocycles. The highest BCUT2D eigenvalue weighted by Crippen LogP contribution is 2.07. The van der Waals surface area contributed by atoms with Crippen molar-refractivity contribution in [3.8, 4) is 0 Å². The first-order valence-electron chi connectivity index (χ1n) is 8.03. The third-order valence-corrected chi connectivity index (χ3v) is 3.46. The Kier molecular flexibility index (Phi) is 9.61. The molecule has 0 bridgehead atoms. The number of aliphatic imine (C=N–C) groups is 1. The van der Waals surface area contributed by atoms with Crippen LogP contribution in [0.15, 0.2) is 59.6 Å². The predicted molar refractivity (Wildman–Crippen MR) is 111 cm³/mol. The van der Waals surface area contributed by atoms with Crippen molar-refractivity contribution in [3.05, 3.63) is 71.3 Å². The molecule has 0 saturated carbocycles. The molecule has 0 spiro atoms. The monoisotopic (exact) mass is 453 g/mol. The lowest BCUT2D eigenvalue weighted by Gasteiger charge is -2.06. The van der Waals surface area contributed by atoms with Crippen LogP contribution in [0.5, 0.6) is 0 Å². The summed E-state index contributed by atoms with van der Waals surface area (Å²) in [6, 6.07) is 17.4. The van der Waals surface area contributed by atoms with E-state index >= 15 is 0 Å². The molecule has 0 aliphatic carbocycles. The summed E-state index contributed by atoms with van der Waals surface area (Å²) in [5, 5.41) is 3.10. The predicted octanol–water partition coefficient (Wildman–Crippen LogP) is 3.13. The summed E-state index contributed by atoms with van der Waals surface area (Å²) in [6.45, 7) is 3.36. The number of ether oxygens (including phenoxy) is 1. The van der Waals surface area contributed by atoms with Gasteiger partial charge in [0.15, 0.2) is 5.96 Å². The van der Waals surface area contributed by atoms with Crippen LogP contribution in [0.3, 0.4) is 0 Å². The summed E-state index contributed by atoms with van der Waals surface area (Å²) in [7, 11) is 0. The quantitative estimate of drug-likeness (QED) is 0.292. The Labute approximate surface area is 165 Å². The van der Waals surface area contributed by atoms with Gasteiger partial charge in [0.25, 0.3) is 0 Å². The molecule has 2 rings (SSSR count). The molecule has 3 N–H and O–H groups in total. The van der Waals surface area contributed by atoms with Crippen molar-refractivity contribution in [2.24, 2.45) is 10.7 Å². The van der Waals surface area contributed by atoms with Gasteiger partial charge in [0, 0.05) is 6.54 Å². The van der Waals surface area contributed by atoms with E-state index < -0.39 is 0 Å². The minimum atomic E-state index is -0.311. The Bertz CT molecular complexity index is 673. The van der Waals surface area contributed by atoms with Gasteiger partial charge in [-0.1, -0.05) is 42.5 Å². The van der Waals surface area contributed by atoms with Crippen molar-refractivity contribution in [2.45, 2.75) is 19.9 Å². The minimum absolute atomic E-state index is 0. The van der Waals surface area contributed by atoms with Crippen LogP contribution in [0, 0.1) is 0 Å². The fraction of sp³-hybridized carbons (Fsp3) is 0.263. The third-order valence-electron chi connectivity index (χ3n) is 3.46. The molecule has 0 fully saturated rings. The zero-order valence-corrected chi connectivity index (χ0v) is 16.6. The van der Waals surface area contributed by atoms with Gasteiger partial charge in [-0.2, -0.15) is 0 Å². The van der Waals surface area contributed by atoms with E-state index in [-0.39, 0.29) is 29.9 Å². The number of halogens is 1. The maximum absolute atomic E-state index is 11.6. The smallest absolute Gasteiger partial charge is 0.338 e. The van der Waals surface area contributed by atoms with Crippen LogP contribution in [0.1, 0.15) is 28.4 Å². The van der Waals surface area contributed by atoms with Gasteiger partial charge in [0.1, 0.15) is 0 Å². The topological polar surface area (TPSA) is 76.7 Å². The highest BCUT2D eigenvalue weighted by Gasteiger charge is 2.05. The van der Waals surface area contributed by atoms with Gasteiger partial charge in [0.05, 0.1) is 18.7 Å². The molecular weight excluding hydrogens is 429 g/mol. The van der Waals surface area contributed by atoms with Gasteiger partial charge in [-0.05, 0) is 36.6 Å². The molecule has 0 unspecified atom stereocenters. The molecule has 0 aromatic heterocycles. The Morgan fingerprint density at radius 1 is 1.08 bits per heavy atom. The number of nitrogens with one attached hydrogen (secondary N) is 1. The van der Waals surface area contributed by atoms with E-state index in [1.165, 1.54) is 5.56 Å². The van der Waals surface area contributed by atoms with E-state index in [4.69, 9.17) is 10.5 Å². The van der Waals surface area contributed by atoms with E-state index in [0.717, 1.165) is 18.5 Å². The first kappa shape index (κ1) is 21.0.